The molecule has 0 saturated carbocycles. The van der Waals surface area contributed by atoms with Crippen LogP contribution in [0.3, 0.4) is 0 Å². The summed E-state index contributed by atoms with van der Waals surface area (Å²) >= 11 is 0. The highest BCUT2D eigenvalue weighted by Crippen LogP contribution is 2.52. The molecule has 0 aliphatic carbocycles. The van der Waals surface area contributed by atoms with Gasteiger partial charge in [-0.3, -0.25) is 9.63 Å². The lowest BCUT2D eigenvalue weighted by atomic mass is 9.78. The molecule has 1 aromatic carbocycles. The summed E-state index contributed by atoms with van der Waals surface area (Å²) < 4.78 is 39.5. The molecule has 8 atom stereocenters. The minimum Gasteiger partial charge on any atom is -0.497 e. The highest BCUT2D eigenvalue weighted by atomic mass is 28.4. The van der Waals surface area contributed by atoms with Crippen LogP contribution in [-0.4, -0.2) is 117 Å². The third-order valence-electron chi connectivity index (χ3n) is 13.7. The molecule has 11 nitrogen and oxygen atoms in total. The molecule has 0 bridgehead atoms. The number of methoxy groups -OCH3 is 1. The predicted molar refractivity (Wildman–Crippen MR) is 237 cm³/mol. The Hall–Kier alpha value is -1.18. The topological polar surface area (TPSA) is 129 Å². The monoisotopic (exact) mass is 858 g/mol. The van der Waals surface area contributed by atoms with Crippen LogP contribution in [0.2, 0.25) is 54.4 Å². The Kier molecular flexibility index (Phi) is 17.9. The van der Waals surface area contributed by atoms with Crippen LogP contribution >= 0.6 is 0 Å². The van der Waals surface area contributed by atoms with E-state index in [1.807, 2.05) is 24.3 Å². The van der Waals surface area contributed by atoms with Gasteiger partial charge in [-0.05, 0) is 79.0 Å². The first-order valence-electron chi connectivity index (χ1n) is 20.8. The van der Waals surface area contributed by atoms with Crippen LogP contribution in [0.15, 0.2) is 24.3 Å². The van der Waals surface area contributed by atoms with Crippen molar-refractivity contribution in [3.05, 3.63) is 29.8 Å². The molecular formula is C43H83NO10Si3. The summed E-state index contributed by atoms with van der Waals surface area (Å²) in [7, 11) is -2.66. The standard InChI is InChI=1S/C43H83NO10Si3/c1-30(26-50-27-31-21-23-32(48-13)24-22-31)38-43(11,53-38)39(54-57(19,20)42(8,9)10)34(29-52-56(17,18)41(5,6)7)37(47)33(28-51-55(15,16)40(2,3)4)35(45)25-36(46)44(12)49-14/h21-24,30,33-35,37-39,45,47H,25-29H2,1-20H3/t30-,33+,34-,35-,37+,38+,39-,43?/m0/s1. The number of hydrogen-bond donors (Lipinski definition) is 2. The van der Waals surface area contributed by atoms with Gasteiger partial charge in [0.05, 0.1) is 58.3 Å². The second-order valence-electron chi connectivity index (χ2n) is 21.2. The van der Waals surface area contributed by atoms with Crippen LogP contribution in [0.4, 0.5) is 0 Å². The van der Waals surface area contributed by atoms with Crippen molar-refractivity contribution in [1.29, 1.82) is 0 Å². The summed E-state index contributed by atoms with van der Waals surface area (Å²) in [4.78, 5) is 18.4. The van der Waals surface area contributed by atoms with E-state index in [0.717, 1.165) is 16.4 Å². The number of carbonyl (C=O) groups excluding carboxylic acids is 1. The maximum Gasteiger partial charge on any atom is 0.248 e. The Morgan fingerprint density at radius 2 is 1.28 bits per heavy atom. The largest absolute Gasteiger partial charge is 0.497 e. The molecule has 14 heteroatoms. The molecule has 1 saturated heterocycles. The fourth-order valence-corrected chi connectivity index (χ4v) is 9.65. The van der Waals surface area contributed by atoms with E-state index in [4.69, 9.17) is 32.3 Å². The van der Waals surface area contributed by atoms with Crippen LogP contribution in [-0.2, 0) is 39.0 Å². The zero-order chi connectivity index (χ0) is 44.2. The molecule has 0 aromatic heterocycles. The Morgan fingerprint density at radius 3 is 1.72 bits per heavy atom. The van der Waals surface area contributed by atoms with E-state index in [-0.39, 0.29) is 46.8 Å². The maximum absolute atomic E-state index is 13.2. The number of hydroxylamine groups is 2. The van der Waals surface area contributed by atoms with Gasteiger partial charge in [0.2, 0.25) is 5.91 Å². The molecule has 332 valence electrons. The fraction of sp³-hybridized carbons (Fsp3) is 0.837. The first-order valence-corrected chi connectivity index (χ1v) is 29.5. The number of aliphatic hydroxyl groups is 2. The second-order valence-corrected chi connectivity index (χ2v) is 35.5. The molecule has 1 unspecified atom stereocenters. The molecule has 0 radical (unpaired) electrons. The predicted octanol–water partition coefficient (Wildman–Crippen LogP) is 8.80. The number of benzene rings is 1. The van der Waals surface area contributed by atoms with Crippen molar-refractivity contribution < 1.29 is 47.3 Å². The highest BCUT2D eigenvalue weighted by Gasteiger charge is 2.65. The molecule has 2 rings (SSSR count). The quantitative estimate of drug-likeness (QED) is 0.0664. The molecule has 1 heterocycles. The highest BCUT2D eigenvalue weighted by molar-refractivity contribution is 6.75. The van der Waals surface area contributed by atoms with Crippen molar-refractivity contribution in [1.82, 2.24) is 5.06 Å². The van der Waals surface area contributed by atoms with E-state index in [1.54, 1.807) is 7.11 Å². The smallest absolute Gasteiger partial charge is 0.248 e. The van der Waals surface area contributed by atoms with E-state index in [2.05, 4.69) is 115 Å². The van der Waals surface area contributed by atoms with Crippen molar-refractivity contribution in [2.24, 2.45) is 17.8 Å². The third kappa shape index (κ3) is 13.7. The van der Waals surface area contributed by atoms with Gasteiger partial charge in [-0.1, -0.05) is 81.4 Å². The van der Waals surface area contributed by atoms with Gasteiger partial charge >= 0.3 is 0 Å². The Labute approximate surface area is 350 Å². The van der Waals surface area contributed by atoms with E-state index in [1.165, 1.54) is 14.2 Å². The minimum absolute atomic E-state index is 0.00312. The van der Waals surface area contributed by atoms with Gasteiger partial charge in [0.25, 0.3) is 0 Å². The molecule has 1 amide bonds. The molecule has 0 spiro atoms. The number of epoxide rings is 1. The summed E-state index contributed by atoms with van der Waals surface area (Å²) in [5.41, 5.74) is 0.246. The lowest BCUT2D eigenvalue weighted by molar-refractivity contribution is -0.173. The summed E-state index contributed by atoms with van der Waals surface area (Å²) in [6.07, 6.45) is -3.53. The van der Waals surface area contributed by atoms with Gasteiger partial charge in [-0.15, -0.1) is 0 Å². The van der Waals surface area contributed by atoms with Crippen LogP contribution in [0.5, 0.6) is 5.75 Å². The zero-order valence-corrected chi connectivity index (χ0v) is 42.5. The SMILES string of the molecule is COc1ccc(COC[C@H](C)[C@H]2OC2(C)[C@@H](O[Si](C)(C)C(C)(C)C)[C@@H](CO[Si](C)(C)C(C)(C)C)[C@H](O)[C@H](CO[Si](C)(C)C(C)(C)C)[C@@H](O)CC(=O)N(C)OC)cc1. The zero-order valence-electron chi connectivity index (χ0n) is 39.5. The third-order valence-corrected chi connectivity index (χ3v) is 27.1. The van der Waals surface area contributed by atoms with Gasteiger partial charge in [-0.25, -0.2) is 5.06 Å². The van der Waals surface area contributed by atoms with Crippen molar-refractivity contribution in [2.45, 2.75) is 174 Å². The van der Waals surface area contributed by atoms with E-state index in [0.29, 0.717) is 13.2 Å². The summed E-state index contributed by atoms with van der Waals surface area (Å²) in [5, 5.41) is 25.6. The molecule has 1 aliphatic rings. The Balaban J connectivity index is 2.68. The molecule has 1 fully saturated rings. The van der Waals surface area contributed by atoms with Gasteiger partial charge in [0.15, 0.2) is 25.0 Å². The van der Waals surface area contributed by atoms with E-state index >= 15 is 0 Å². The molecule has 1 aliphatic heterocycles. The first-order chi connectivity index (χ1) is 25.8. The maximum atomic E-state index is 13.2. The van der Waals surface area contributed by atoms with Gasteiger partial charge in [-0.2, -0.15) is 0 Å². The average molecular weight is 858 g/mol. The number of amides is 1. The molecular weight excluding hydrogens is 775 g/mol. The van der Waals surface area contributed by atoms with Gasteiger partial charge in [0, 0.05) is 38.0 Å². The van der Waals surface area contributed by atoms with Crippen molar-refractivity contribution >= 4 is 30.9 Å². The summed E-state index contributed by atoms with van der Waals surface area (Å²) in [6.45, 7) is 38.2. The molecule has 57 heavy (non-hydrogen) atoms. The number of aliphatic hydroxyl groups excluding tert-OH is 2. The number of hydrogen-bond acceptors (Lipinski definition) is 10. The normalized spacial score (nSPS) is 21.7. The number of carbonyl (C=O) groups is 1. The van der Waals surface area contributed by atoms with Gasteiger partial charge < -0.3 is 37.7 Å². The minimum atomic E-state index is -2.52. The van der Waals surface area contributed by atoms with Crippen molar-refractivity contribution in [3.63, 3.8) is 0 Å². The first kappa shape index (κ1) is 52.0. The lowest BCUT2D eigenvalue weighted by Gasteiger charge is -2.47. The summed E-state index contributed by atoms with van der Waals surface area (Å²) in [5.74, 6) is -1.10. The van der Waals surface area contributed by atoms with Gasteiger partial charge in [0.1, 0.15) is 11.4 Å². The Morgan fingerprint density at radius 1 is 0.807 bits per heavy atom. The van der Waals surface area contributed by atoms with E-state index in [9.17, 15) is 15.0 Å². The second kappa shape index (κ2) is 19.7. The van der Waals surface area contributed by atoms with Crippen LogP contribution in [0, 0.1) is 17.8 Å². The van der Waals surface area contributed by atoms with Crippen molar-refractivity contribution in [2.75, 3.05) is 41.1 Å². The van der Waals surface area contributed by atoms with Crippen LogP contribution < -0.4 is 4.74 Å². The number of rotatable bonds is 22. The summed E-state index contributed by atoms with van der Waals surface area (Å²) in [6, 6.07) is 7.85. The average Bonchev–Trinajstić information content (AvgIpc) is 3.78. The fourth-order valence-electron chi connectivity index (χ4n) is 6.17. The number of ether oxygens (including phenoxy) is 3. The van der Waals surface area contributed by atoms with Crippen LogP contribution in [0.25, 0.3) is 0 Å². The number of nitrogens with zero attached hydrogens (tertiary/aromatic N) is 1. The lowest BCUT2D eigenvalue weighted by Crippen LogP contribution is -2.58. The Bertz CT molecular complexity index is 1410. The van der Waals surface area contributed by atoms with E-state index < -0.39 is 66.6 Å². The molecule has 1 aromatic rings. The van der Waals surface area contributed by atoms with Crippen LogP contribution in [0.1, 0.15) is 88.1 Å². The van der Waals surface area contributed by atoms with Crippen molar-refractivity contribution in [3.8, 4) is 5.75 Å². The molecule has 2 N–H and O–H groups in total.